The van der Waals surface area contributed by atoms with Gasteiger partial charge in [0.1, 0.15) is 0 Å². The Bertz CT molecular complexity index is 571. The number of aryl methyl sites for hydroxylation is 2. The molecule has 1 aromatic carbocycles. The number of benzene rings is 1. The fourth-order valence-corrected chi connectivity index (χ4v) is 2.64. The Balaban J connectivity index is 2.82. The van der Waals surface area contributed by atoms with Crippen molar-refractivity contribution in [2.75, 3.05) is 12.4 Å². The molecule has 2 rings (SSSR count). The van der Waals surface area contributed by atoms with E-state index in [1.807, 2.05) is 7.05 Å². The maximum atomic E-state index is 4.74. The average Bonchev–Trinajstić information content (AvgIpc) is 2.36. The van der Waals surface area contributed by atoms with E-state index in [0.29, 0.717) is 5.92 Å². The van der Waals surface area contributed by atoms with Crippen molar-refractivity contribution < 1.29 is 0 Å². The third kappa shape index (κ3) is 2.07. The van der Waals surface area contributed by atoms with Crippen LogP contribution in [0.15, 0.2) is 18.2 Å². The van der Waals surface area contributed by atoms with Gasteiger partial charge in [-0.05, 0) is 42.5 Å². The first-order chi connectivity index (χ1) is 8.58. The number of nitrogens with zero attached hydrogens (tertiary/aromatic N) is 1. The van der Waals surface area contributed by atoms with E-state index < -0.39 is 0 Å². The van der Waals surface area contributed by atoms with Crippen molar-refractivity contribution in [1.29, 1.82) is 0 Å². The molecule has 0 saturated carbocycles. The monoisotopic (exact) mass is 242 g/mol. The van der Waals surface area contributed by atoms with Gasteiger partial charge in [0.15, 0.2) is 0 Å². The van der Waals surface area contributed by atoms with Gasteiger partial charge in [-0.2, -0.15) is 0 Å². The Hall–Kier alpha value is -1.57. The molecule has 0 radical (unpaired) electrons. The van der Waals surface area contributed by atoms with Gasteiger partial charge in [0.25, 0.3) is 0 Å². The zero-order chi connectivity index (χ0) is 13.3. The van der Waals surface area contributed by atoms with Crippen LogP contribution in [0.2, 0.25) is 0 Å². The number of nitrogens with one attached hydrogen (secondary N) is 1. The lowest BCUT2D eigenvalue weighted by atomic mass is 9.96. The maximum Gasteiger partial charge on any atom is 0.0726 e. The molecule has 18 heavy (non-hydrogen) atoms. The standard InChI is InChI=1S/C16H22N2/c1-6-12-7-8-14-13(9-12)16(17-5)15(10(2)3)11(4)18-14/h7-10H,6H2,1-5H3,(H,17,18). The largest absolute Gasteiger partial charge is 0.387 e. The first kappa shape index (κ1) is 12.9. The van der Waals surface area contributed by atoms with E-state index in [-0.39, 0.29) is 0 Å². The highest BCUT2D eigenvalue weighted by Gasteiger charge is 2.14. The van der Waals surface area contributed by atoms with Gasteiger partial charge < -0.3 is 5.32 Å². The van der Waals surface area contributed by atoms with E-state index in [4.69, 9.17) is 4.98 Å². The maximum absolute atomic E-state index is 4.74. The minimum absolute atomic E-state index is 0.481. The van der Waals surface area contributed by atoms with E-state index in [9.17, 15) is 0 Å². The van der Waals surface area contributed by atoms with Crippen LogP contribution in [0, 0.1) is 6.92 Å². The third-order valence-corrected chi connectivity index (χ3v) is 3.51. The highest BCUT2D eigenvalue weighted by Crippen LogP contribution is 2.33. The van der Waals surface area contributed by atoms with Gasteiger partial charge in [-0.25, -0.2) is 0 Å². The minimum Gasteiger partial charge on any atom is -0.387 e. The van der Waals surface area contributed by atoms with E-state index in [1.165, 1.54) is 22.2 Å². The average molecular weight is 242 g/mol. The molecule has 2 heteroatoms. The summed E-state index contributed by atoms with van der Waals surface area (Å²) in [6.07, 6.45) is 1.06. The van der Waals surface area contributed by atoms with Crippen LogP contribution in [0.25, 0.3) is 10.9 Å². The second-order valence-electron chi connectivity index (χ2n) is 5.10. The van der Waals surface area contributed by atoms with Crippen molar-refractivity contribution in [3.63, 3.8) is 0 Å². The summed E-state index contributed by atoms with van der Waals surface area (Å²) in [6.45, 7) is 8.73. The molecule has 2 aromatic rings. The number of pyridine rings is 1. The number of fused-ring (bicyclic) bond motifs is 1. The molecule has 96 valence electrons. The van der Waals surface area contributed by atoms with Crippen LogP contribution in [-0.4, -0.2) is 12.0 Å². The van der Waals surface area contributed by atoms with E-state index in [2.05, 4.69) is 51.2 Å². The molecule has 0 unspecified atom stereocenters. The molecule has 1 aromatic heterocycles. The second-order valence-corrected chi connectivity index (χ2v) is 5.10. The summed E-state index contributed by atoms with van der Waals surface area (Å²) in [5, 5.41) is 4.61. The Labute approximate surface area is 109 Å². The molecule has 0 saturated heterocycles. The number of hydrogen-bond donors (Lipinski definition) is 1. The molecular formula is C16H22N2. The van der Waals surface area contributed by atoms with Crippen LogP contribution >= 0.6 is 0 Å². The van der Waals surface area contributed by atoms with Gasteiger partial charge in [-0.3, -0.25) is 4.98 Å². The Morgan fingerprint density at radius 3 is 2.56 bits per heavy atom. The Morgan fingerprint density at radius 2 is 2.00 bits per heavy atom. The predicted octanol–water partition coefficient (Wildman–Crippen LogP) is 4.27. The van der Waals surface area contributed by atoms with Gasteiger partial charge >= 0.3 is 0 Å². The minimum atomic E-state index is 0.481. The van der Waals surface area contributed by atoms with Crippen molar-refractivity contribution in [2.45, 2.75) is 40.0 Å². The Morgan fingerprint density at radius 1 is 1.28 bits per heavy atom. The molecule has 0 aliphatic rings. The van der Waals surface area contributed by atoms with Gasteiger partial charge in [0, 0.05) is 23.8 Å². The number of anilines is 1. The highest BCUT2D eigenvalue weighted by molar-refractivity contribution is 5.94. The quantitative estimate of drug-likeness (QED) is 0.869. The molecule has 0 atom stereocenters. The third-order valence-electron chi connectivity index (χ3n) is 3.51. The summed E-state index contributed by atoms with van der Waals surface area (Å²) in [6, 6.07) is 6.56. The predicted molar refractivity (Wildman–Crippen MR) is 79.5 cm³/mol. The fourth-order valence-electron chi connectivity index (χ4n) is 2.64. The van der Waals surface area contributed by atoms with Crippen LogP contribution < -0.4 is 5.32 Å². The van der Waals surface area contributed by atoms with Crippen LogP contribution in [0.3, 0.4) is 0 Å². The van der Waals surface area contributed by atoms with Gasteiger partial charge in [0.05, 0.1) is 5.52 Å². The lowest BCUT2D eigenvalue weighted by molar-refractivity contribution is 0.849. The van der Waals surface area contributed by atoms with Crippen molar-refractivity contribution in [2.24, 2.45) is 0 Å². The molecule has 0 fully saturated rings. The van der Waals surface area contributed by atoms with Crippen LogP contribution in [0.5, 0.6) is 0 Å². The zero-order valence-corrected chi connectivity index (χ0v) is 12.0. The second kappa shape index (κ2) is 4.97. The molecule has 1 heterocycles. The summed E-state index contributed by atoms with van der Waals surface area (Å²) in [4.78, 5) is 4.74. The lowest BCUT2D eigenvalue weighted by Crippen LogP contribution is -2.04. The van der Waals surface area contributed by atoms with Crippen molar-refractivity contribution >= 4 is 16.6 Å². The molecule has 0 bridgehead atoms. The van der Waals surface area contributed by atoms with E-state index in [0.717, 1.165) is 17.6 Å². The van der Waals surface area contributed by atoms with Crippen molar-refractivity contribution in [3.05, 3.63) is 35.0 Å². The molecule has 1 N–H and O–H groups in total. The molecule has 0 spiro atoms. The summed E-state index contributed by atoms with van der Waals surface area (Å²) in [5.74, 6) is 0.481. The smallest absolute Gasteiger partial charge is 0.0726 e. The van der Waals surface area contributed by atoms with Gasteiger partial charge in [-0.1, -0.05) is 26.8 Å². The Kier molecular flexibility index (Phi) is 3.55. The first-order valence-corrected chi connectivity index (χ1v) is 6.69. The number of aromatic nitrogens is 1. The zero-order valence-electron chi connectivity index (χ0n) is 12.0. The highest BCUT2D eigenvalue weighted by atomic mass is 14.8. The summed E-state index contributed by atoms with van der Waals surface area (Å²) >= 11 is 0. The lowest BCUT2D eigenvalue weighted by Gasteiger charge is -2.18. The van der Waals surface area contributed by atoms with Crippen LogP contribution in [0.4, 0.5) is 5.69 Å². The molecular weight excluding hydrogens is 220 g/mol. The van der Waals surface area contributed by atoms with Crippen molar-refractivity contribution in [1.82, 2.24) is 4.98 Å². The molecule has 0 aliphatic carbocycles. The SMILES string of the molecule is CCc1ccc2nc(C)c(C(C)C)c(NC)c2c1. The summed E-state index contributed by atoms with van der Waals surface area (Å²) < 4.78 is 0. The molecule has 0 aliphatic heterocycles. The van der Waals surface area contributed by atoms with Crippen LogP contribution in [0.1, 0.15) is 43.5 Å². The van der Waals surface area contributed by atoms with Crippen molar-refractivity contribution in [3.8, 4) is 0 Å². The number of hydrogen-bond acceptors (Lipinski definition) is 2. The van der Waals surface area contributed by atoms with E-state index >= 15 is 0 Å². The first-order valence-electron chi connectivity index (χ1n) is 6.69. The normalized spacial score (nSPS) is 11.2. The summed E-state index contributed by atoms with van der Waals surface area (Å²) in [7, 11) is 2.00. The fraction of sp³-hybridized carbons (Fsp3) is 0.438. The van der Waals surface area contributed by atoms with E-state index in [1.54, 1.807) is 0 Å². The number of rotatable bonds is 3. The topological polar surface area (TPSA) is 24.9 Å². The molecule has 0 amide bonds. The van der Waals surface area contributed by atoms with Gasteiger partial charge in [0.2, 0.25) is 0 Å². The van der Waals surface area contributed by atoms with Crippen LogP contribution in [-0.2, 0) is 6.42 Å². The van der Waals surface area contributed by atoms with Gasteiger partial charge in [-0.15, -0.1) is 0 Å². The summed E-state index contributed by atoms with van der Waals surface area (Å²) in [5.41, 5.74) is 6.14. The molecule has 2 nitrogen and oxygen atoms in total.